The van der Waals surface area contributed by atoms with E-state index in [0.29, 0.717) is 17.0 Å². The van der Waals surface area contributed by atoms with Gasteiger partial charge in [-0.15, -0.1) is 11.8 Å². The predicted octanol–water partition coefficient (Wildman–Crippen LogP) is 0.370. The summed E-state index contributed by atoms with van der Waals surface area (Å²) in [5, 5.41) is 18.8. The molecule has 0 saturated heterocycles. The Morgan fingerprint density at radius 1 is 1.67 bits per heavy atom. The van der Waals surface area contributed by atoms with Gasteiger partial charge in [-0.25, -0.2) is 9.78 Å². The van der Waals surface area contributed by atoms with Gasteiger partial charge in [0.1, 0.15) is 5.82 Å². The maximum Gasteiger partial charge on any atom is 0.360 e. The predicted molar refractivity (Wildman–Crippen MR) is 66.0 cm³/mol. The number of hydrogen-bond donors (Lipinski definition) is 3. The van der Waals surface area contributed by atoms with E-state index < -0.39 is 23.0 Å². The molecule has 18 heavy (non-hydrogen) atoms. The fourth-order valence-electron chi connectivity index (χ4n) is 1.39. The van der Waals surface area contributed by atoms with Crippen LogP contribution in [-0.2, 0) is 4.74 Å². The molecular formula is C10H9N3O4S. The maximum absolute atomic E-state index is 11.5. The minimum atomic E-state index is -0.905. The zero-order chi connectivity index (χ0) is 13.3. The number of thioether (sulfide) groups is 1. The fourth-order valence-corrected chi connectivity index (χ4v) is 2.22. The molecule has 0 fully saturated rings. The van der Waals surface area contributed by atoms with Crippen molar-refractivity contribution >= 4 is 29.0 Å². The molecule has 0 spiro atoms. The topological polar surface area (TPSA) is 116 Å². The number of carbonyl (C=O) groups is 1. The number of H-pyrrole nitrogens is 1. The van der Waals surface area contributed by atoms with Crippen molar-refractivity contribution < 1.29 is 14.6 Å². The van der Waals surface area contributed by atoms with Crippen LogP contribution < -0.4 is 5.56 Å². The molecule has 0 saturated carbocycles. The van der Waals surface area contributed by atoms with Crippen LogP contribution in [0.3, 0.4) is 0 Å². The Morgan fingerprint density at radius 3 is 2.94 bits per heavy atom. The van der Waals surface area contributed by atoms with Crippen molar-refractivity contribution in [2.75, 3.05) is 12.9 Å². The molecule has 1 aliphatic rings. The van der Waals surface area contributed by atoms with E-state index in [9.17, 15) is 14.7 Å². The largest absolute Gasteiger partial charge is 0.501 e. The van der Waals surface area contributed by atoms with Gasteiger partial charge in [-0.1, -0.05) is 0 Å². The number of aromatic hydroxyl groups is 1. The number of nitrogens with one attached hydrogen (secondary N) is 2. The van der Waals surface area contributed by atoms with Crippen LogP contribution in [0.1, 0.15) is 16.3 Å². The molecule has 8 heteroatoms. The van der Waals surface area contributed by atoms with E-state index in [1.165, 1.54) is 11.8 Å². The average molecular weight is 267 g/mol. The van der Waals surface area contributed by atoms with Gasteiger partial charge in [0.25, 0.3) is 5.56 Å². The first-order chi connectivity index (χ1) is 8.54. The molecule has 7 nitrogen and oxygen atoms in total. The van der Waals surface area contributed by atoms with Gasteiger partial charge >= 0.3 is 5.97 Å². The van der Waals surface area contributed by atoms with E-state index >= 15 is 0 Å². The maximum atomic E-state index is 11.5. The van der Waals surface area contributed by atoms with Gasteiger partial charge in [0, 0.05) is 11.3 Å². The number of methoxy groups -OCH3 is 1. The van der Waals surface area contributed by atoms with Crippen LogP contribution in [0.25, 0.3) is 5.57 Å². The zero-order valence-electron chi connectivity index (χ0n) is 9.31. The van der Waals surface area contributed by atoms with Crippen molar-refractivity contribution in [3.05, 3.63) is 27.3 Å². The van der Waals surface area contributed by atoms with Crippen molar-refractivity contribution in [1.29, 1.82) is 5.41 Å². The van der Waals surface area contributed by atoms with Gasteiger partial charge in [-0.2, -0.15) is 0 Å². The lowest BCUT2D eigenvalue weighted by molar-refractivity contribution is 0.0589. The number of ether oxygens (including phenoxy) is 1. The Bertz CT molecular complexity index is 620. The molecule has 1 aliphatic heterocycles. The SMILES string of the molecule is COC(=O)c1nc(C2=CSCC2=N)[nH]c(=O)c1O. The van der Waals surface area contributed by atoms with E-state index in [2.05, 4.69) is 14.7 Å². The van der Waals surface area contributed by atoms with Gasteiger partial charge in [-0.05, 0) is 5.41 Å². The molecule has 0 bridgehead atoms. The highest BCUT2D eigenvalue weighted by Gasteiger charge is 2.22. The third-order valence-electron chi connectivity index (χ3n) is 2.28. The quantitative estimate of drug-likeness (QED) is 0.666. The summed E-state index contributed by atoms with van der Waals surface area (Å²) in [4.78, 5) is 29.0. The number of allylic oxidation sites excluding steroid dienone is 1. The van der Waals surface area contributed by atoms with Crippen LogP contribution >= 0.6 is 11.8 Å². The summed E-state index contributed by atoms with van der Waals surface area (Å²) in [6.07, 6.45) is 0. The van der Waals surface area contributed by atoms with Gasteiger partial charge < -0.3 is 20.2 Å². The van der Waals surface area contributed by atoms with E-state index in [4.69, 9.17) is 5.41 Å². The molecule has 0 radical (unpaired) electrons. The van der Waals surface area contributed by atoms with Crippen molar-refractivity contribution in [3.8, 4) is 5.75 Å². The molecule has 3 N–H and O–H groups in total. The molecule has 94 valence electrons. The molecule has 0 amide bonds. The van der Waals surface area contributed by atoms with Crippen LogP contribution in [-0.4, -0.2) is 39.6 Å². The Morgan fingerprint density at radius 2 is 2.39 bits per heavy atom. The van der Waals surface area contributed by atoms with Crippen LogP contribution in [0, 0.1) is 5.41 Å². The van der Waals surface area contributed by atoms with Crippen LogP contribution in [0.15, 0.2) is 10.2 Å². The zero-order valence-corrected chi connectivity index (χ0v) is 10.1. The highest BCUT2D eigenvalue weighted by atomic mass is 32.2. The Hall–Kier alpha value is -2.09. The lowest BCUT2D eigenvalue weighted by atomic mass is 10.2. The van der Waals surface area contributed by atoms with Gasteiger partial charge in [-0.3, -0.25) is 4.79 Å². The van der Waals surface area contributed by atoms with Crippen LogP contribution in [0.5, 0.6) is 5.75 Å². The lowest BCUT2D eigenvalue weighted by Gasteiger charge is -2.05. The second kappa shape index (κ2) is 4.65. The molecule has 0 atom stereocenters. The van der Waals surface area contributed by atoms with E-state index in [0.717, 1.165) is 7.11 Å². The average Bonchev–Trinajstić information content (AvgIpc) is 2.78. The Balaban J connectivity index is 2.58. The summed E-state index contributed by atoms with van der Waals surface area (Å²) >= 11 is 1.39. The van der Waals surface area contributed by atoms with Crippen molar-refractivity contribution in [1.82, 2.24) is 9.97 Å². The van der Waals surface area contributed by atoms with Crippen molar-refractivity contribution in [2.24, 2.45) is 0 Å². The summed E-state index contributed by atoms with van der Waals surface area (Å²) in [6, 6.07) is 0. The van der Waals surface area contributed by atoms with E-state index in [1.807, 2.05) is 0 Å². The summed E-state index contributed by atoms with van der Waals surface area (Å²) < 4.78 is 4.42. The number of carbonyl (C=O) groups excluding carboxylic acids is 1. The first-order valence-electron chi connectivity index (χ1n) is 4.86. The normalized spacial score (nSPS) is 14.5. The second-order valence-electron chi connectivity index (χ2n) is 3.42. The molecule has 0 unspecified atom stereocenters. The third kappa shape index (κ3) is 2.02. The molecular weight excluding hydrogens is 258 g/mol. The van der Waals surface area contributed by atoms with Crippen molar-refractivity contribution in [2.45, 2.75) is 0 Å². The number of aromatic nitrogens is 2. The highest BCUT2D eigenvalue weighted by molar-refractivity contribution is 8.03. The highest BCUT2D eigenvalue weighted by Crippen LogP contribution is 2.25. The number of esters is 1. The minimum Gasteiger partial charge on any atom is -0.501 e. The Kier molecular flexibility index (Phi) is 3.19. The minimum absolute atomic E-state index is 0.0770. The number of aromatic amines is 1. The Labute approximate surface area is 105 Å². The van der Waals surface area contributed by atoms with Crippen LogP contribution in [0.4, 0.5) is 0 Å². The fraction of sp³-hybridized carbons (Fsp3) is 0.200. The summed E-state index contributed by atoms with van der Waals surface area (Å²) in [7, 11) is 1.12. The molecule has 1 aromatic heterocycles. The van der Waals surface area contributed by atoms with E-state index in [1.54, 1.807) is 5.41 Å². The molecule has 1 aromatic rings. The molecule has 2 rings (SSSR count). The summed E-state index contributed by atoms with van der Waals surface area (Å²) in [6.45, 7) is 0. The standard InChI is InChI=1S/C10H9N3O4S/c1-17-10(16)6-7(14)9(15)13-8(12-6)4-2-18-3-5(4)11/h2,11,14H,3H2,1H3,(H,12,13,15). The second-order valence-corrected chi connectivity index (χ2v) is 4.28. The molecule has 0 aromatic carbocycles. The summed E-state index contributed by atoms with van der Waals surface area (Å²) in [5.74, 6) is -1.14. The number of nitrogens with zero attached hydrogens (tertiary/aromatic N) is 1. The number of hydrogen-bond acceptors (Lipinski definition) is 7. The van der Waals surface area contributed by atoms with Crippen LogP contribution in [0.2, 0.25) is 0 Å². The smallest absolute Gasteiger partial charge is 0.360 e. The third-order valence-corrected chi connectivity index (χ3v) is 3.14. The van der Waals surface area contributed by atoms with Gasteiger partial charge in [0.05, 0.1) is 12.8 Å². The van der Waals surface area contributed by atoms with E-state index in [-0.39, 0.29) is 5.82 Å². The molecule has 2 heterocycles. The monoisotopic (exact) mass is 267 g/mol. The first kappa shape index (κ1) is 12.4. The molecule has 0 aliphatic carbocycles. The van der Waals surface area contributed by atoms with Gasteiger partial charge in [0.2, 0.25) is 5.75 Å². The summed E-state index contributed by atoms with van der Waals surface area (Å²) in [5.41, 5.74) is -0.570. The van der Waals surface area contributed by atoms with Gasteiger partial charge in [0.15, 0.2) is 5.69 Å². The first-order valence-corrected chi connectivity index (χ1v) is 5.91. The number of rotatable bonds is 2. The van der Waals surface area contributed by atoms with Crippen molar-refractivity contribution in [3.63, 3.8) is 0 Å². The lowest BCUT2D eigenvalue weighted by Crippen LogP contribution is -2.18.